The van der Waals surface area contributed by atoms with Gasteiger partial charge in [0, 0.05) is 13.1 Å². The Morgan fingerprint density at radius 2 is 2.15 bits per heavy atom. The first-order valence-electron chi connectivity index (χ1n) is 6.77. The number of aliphatic hydroxyl groups is 1. The molecule has 0 aliphatic heterocycles. The molecule has 1 aromatic carbocycles. The molecule has 1 atom stereocenters. The Balaban J connectivity index is 1.99. The van der Waals surface area contributed by atoms with E-state index in [0.717, 1.165) is 18.4 Å². The smallest absolute Gasteiger partial charge is 0.260 e. The van der Waals surface area contributed by atoms with Gasteiger partial charge in [-0.2, -0.15) is 0 Å². The van der Waals surface area contributed by atoms with Crippen LogP contribution in [0.3, 0.4) is 0 Å². The maximum Gasteiger partial charge on any atom is 0.260 e. The summed E-state index contributed by atoms with van der Waals surface area (Å²) >= 11 is 0. The number of amides is 1. The third kappa shape index (κ3) is 3.42. The van der Waals surface area contributed by atoms with Crippen LogP contribution in [-0.4, -0.2) is 42.7 Å². The number of benzene rings is 1. The number of rotatable bonds is 6. The van der Waals surface area contributed by atoms with Crippen molar-refractivity contribution in [1.29, 1.82) is 0 Å². The lowest BCUT2D eigenvalue weighted by atomic mass is 10.1. The first-order valence-corrected chi connectivity index (χ1v) is 6.77. The lowest BCUT2D eigenvalue weighted by Gasteiger charge is -2.17. The quantitative estimate of drug-likeness (QED) is 0.862. The molecule has 1 N–H and O–H groups in total. The van der Waals surface area contributed by atoms with Crippen molar-refractivity contribution >= 4 is 5.91 Å². The van der Waals surface area contributed by atoms with E-state index in [4.69, 9.17) is 9.47 Å². The van der Waals surface area contributed by atoms with Gasteiger partial charge in [-0.25, -0.2) is 0 Å². The molecule has 0 spiro atoms. The predicted octanol–water partition coefficient (Wildman–Crippen LogP) is 1.75. The summed E-state index contributed by atoms with van der Waals surface area (Å²) < 4.78 is 10.8. The van der Waals surface area contributed by atoms with Crippen LogP contribution in [-0.2, 0) is 4.79 Å². The second-order valence-corrected chi connectivity index (χ2v) is 5.11. The summed E-state index contributed by atoms with van der Waals surface area (Å²) in [7, 11) is 3.34. The third-order valence-corrected chi connectivity index (χ3v) is 3.51. The Morgan fingerprint density at radius 1 is 1.45 bits per heavy atom. The number of hydrogen-bond donors (Lipinski definition) is 1. The second kappa shape index (κ2) is 6.13. The molecule has 1 aromatic rings. The van der Waals surface area contributed by atoms with E-state index >= 15 is 0 Å². The van der Waals surface area contributed by atoms with Gasteiger partial charge in [0.1, 0.15) is 0 Å². The number of ether oxygens (including phenoxy) is 2. The maximum absolute atomic E-state index is 11.9. The van der Waals surface area contributed by atoms with Crippen LogP contribution in [0.1, 0.15) is 31.4 Å². The molecule has 1 aliphatic rings. The van der Waals surface area contributed by atoms with Crippen molar-refractivity contribution in [1.82, 2.24) is 4.90 Å². The molecular formula is C15H21NO4. The summed E-state index contributed by atoms with van der Waals surface area (Å²) in [6.45, 7) is 1.68. The number of carbonyl (C=O) groups excluding carboxylic acids is 1. The van der Waals surface area contributed by atoms with Crippen LogP contribution < -0.4 is 9.47 Å². The second-order valence-electron chi connectivity index (χ2n) is 5.11. The zero-order chi connectivity index (χ0) is 14.7. The van der Waals surface area contributed by atoms with Crippen molar-refractivity contribution in [2.45, 2.75) is 31.9 Å². The average molecular weight is 279 g/mol. The van der Waals surface area contributed by atoms with Gasteiger partial charge in [0.15, 0.2) is 18.1 Å². The molecule has 0 aromatic heterocycles. The molecule has 1 aliphatic carbocycles. The molecule has 0 heterocycles. The highest BCUT2D eigenvalue weighted by Crippen LogP contribution is 2.30. The van der Waals surface area contributed by atoms with Gasteiger partial charge in [-0.1, -0.05) is 6.07 Å². The summed E-state index contributed by atoms with van der Waals surface area (Å²) in [5, 5.41) is 9.54. The molecule has 1 amide bonds. The largest absolute Gasteiger partial charge is 0.493 e. The minimum Gasteiger partial charge on any atom is -0.493 e. The van der Waals surface area contributed by atoms with Crippen molar-refractivity contribution in [2.24, 2.45) is 0 Å². The van der Waals surface area contributed by atoms with Gasteiger partial charge in [0.05, 0.1) is 13.2 Å². The van der Waals surface area contributed by atoms with Crippen molar-refractivity contribution in [3.63, 3.8) is 0 Å². The zero-order valence-electron chi connectivity index (χ0n) is 12.1. The summed E-state index contributed by atoms with van der Waals surface area (Å²) in [6, 6.07) is 5.57. The van der Waals surface area contributed by atoms with E-state index in [1.165, 1.54) is 7.11 Å². The first-order chi connectivity index (χ1) is 9.52. The van der Waals surface area contributed by atoms with Crippen LogP contribution >= 0.6 is 0 Å². The molecule has 0 bridgehead atoms. The first kappa shape index (κ1) is 14.7. The Morgan fingerprint density at radius 3 is 2.70 bits per heavy atom. The van der Waals surface area contributed by atoms with Gasteiger partial charge in [-0.05, 0) is 37.5 Å². The van der Waals surface area contributed by atoms with E-state index in [9.17, 15) is 9.90 Å². The van der Waals surface area contributed by atoms with Crippen molar-refractivity contribution in [2.75, 3.05) is 20.8 Å². The minimum absolute atomic E-state index is 0.00259. The van der Waals surface area contributed by atoms with E-state index in [-0.39, 0.29) is 12.5 Å². The van der Waals surface area contributed by atoms with Crippen LogP contribution in [0.5, 0.6) is 11.5 Å². The number of methoxy groups -OCH3 is 1. The Bertz CT molecular complexity index is 483. The molecule has 110 valence electrons. The number of nitrogens with zero attached hydrogens (tertiary/aromatic N) is 1. The highest BCUT2D eigenvalue weighted by Gasteiger charge is 2.29. The number of aliphatic hydroxyl groups excluding tert-OH is 1. The van der Waals surface area contributed by atoms with Crippen LogP contribution in [0.4, 0.5) is 0 Å². The summed E-state index contributed by atoms with van der Waals surface area (Å²) in [5.74, 6) is 0.994. The monoisotopic (exact) mass is 279 g/mol. The zero-order valence-corrected chi connectivity index (χ0v) is 12.1. The molecule has 0 saturated heterocycles. The molecule has 0 unspecified atom stereocenters. The van der Waals surface area contributed by atoms with Crippen LogP contribution in [0.2, 0.25) is 0 Å². The number of carbonyl (C=O) groups is 1. The van der Waals surface area contributed by atoms with E-state index in [0.29, 0.717) is 17.5 Å². The number of hydrogen-bond acceptors (Lipinski definition) is 4. The van der Waals surface area contributed by atoms with E-state index in [1.54, 1.807) is 37.1 Å². The van der Waals surface area contributed by atoms with Crippen molar-refractivity contribution in [3.05, 3.63) is 23.8 Å². The van der Waals surface area contributed by atoms with Crippen LogP contribution in [0.15, 0.2) is 18.2 Å². The van der Waals surface area contributed by atoms with Crippen LogP contribution in [0.25, 0.3) is 0 Å². The van der Waals surface area contributed by atoms with Gasteiger partial charge in [-0.15, -0.1) is 0 Å². The predicted molar refractivity (Wildman–Crippen MR) is 74.9 cm³/mol. The summed E-state index contributed by atoms with van der Waals surface area (Å²) in [5.41, 5.74) is 0.746. The molecule has 5 heteroatoms. The van der Waals surface area contributed by atoms with Gasteiger partial charge < -0.3 is 19.5 Å². The van der Waals surface area contributed by atoms with Gasteiger partial charge in [0.2, 0.25) is 0 Å². The lowest BCUT2D eigenvalue weighted by Crippen LogP contribution is -2.33. The molecule has 0 radical (unpaired) electrons. The maximum atomic E-state index is 11.9. The van der Waals surface area contributed by atoms with Crippen molar-refractivity contribution in [3.8, 4) is 11.5 Å². The Kier molecular flexibility index (Phi) is 4.49. The summed E-state index contributed by atoms with van der Waals surface area (Å²) in [4.78, 5) is 13.6. The average Bonchev–Trinajstić information content (AvgIpc) is 3.28. The van der Waals surface area contributed by atoms with Gasteiger partial charge in [0.25, 0.3) is 5.91 Å². The molecule has 2 rings (SSSR count). The van der Waals surface area contributed by atoms with Gasteiger partial charge in [-0.3, -0.25) is 4.79 Å². The normalized spacial score (nSPS) is 15.6. The van der Waals surface area contributed by atoms with E-state index < -0.39 is 6.10 Å². The summed E-state index contributed by atoms with van der Waals surface area (Å²) in [6.07, 6.45) is 1.59. The van der Waals surface area contributed by atoms with Crippen molar-refractivity contribution < 1.29 is 19.4 Å². The highest BCUT2D eigenvalue weighted by molar-refractivity contribution is 5.78. The van der Waals surface area contributed by atoms with E-state index in [2.05, 4.69) is 0 Å². The third-order valence-electron chi connectivity index (χ3n) is 3.51. The fraction of sp³-hybridized carbons (Fsp3) is 0.533. The standard InChI is InChI=1S/C15H21NO4/c1-10(17)11-4-7-13(14(8-11)19-3)20-9-15(18)16(2)12-5-6-12/h4,7-8,10,12,17H,5-6,9H2,1-3H3/t10-/m1/s1. The molecule has 1 saturated carbocycles. The molecule has 20 heavy (non-hydrogen) atoms. The van der Waals surface area contributed by atoms with Crippen LogP contribution in [0, 0.1) is 0 Å². The SMILES string of the molecule is COc1cc([C@@H](C)O)ccc1OCC(=O)N(C)C1CC1. The molecule has 1 fully saturated rings. The Hall–Kier alpha value is -1.75. The molecular weight excluding hydrogens is 258 g/mol. The Labute approximate surface area is 119 Å². The fourth-order valence-electron chi connectivity index (χ4n) is 1.97. The van der Waals surface area contributed by atoms with E-state index in [1.807, 2.05) is 0 Å². The van der Waals surface area contributed by atoms with Gasteiger partial charge >= 0.3 is 0 Å². The highest BCUT2D eigenvalue weighted by atomic mass is 16.5. The lowest BCUT2D eigenvalue weighted by molar-refractivity contribution is -0.132. The topological polar surface area (TPSA) is 59.0 Å². The minimum atomic E-state index is -0.569. The number of likely N-dealkylation sites (N-methyl/N-ethyl adjacent to an activating group) is 1. The fourth-order valence-corrected chi connectivity index (χ4v) is 1.97. The molecule has 5 nitrogen and oxygen atoms in total.